The van der Waals surface area contributed by atoms with Gasteiger partial charge in [0.15, 0.2) is 0 Å². The molecular weight excluding hydrogens is 218 g/mol. The third kappa shape index (κ3) is 1.75. The molecule has 0 radical (unpaired) electrons. The normalized spacial score (nSPS) is 11.2. The molecular formula is C12H13N3O2. The van der Waals surface area contributed by atoms with Gasteiger partial charge < -0.3 is 5.21 Å². The van der Waals surface area contributed by atoms with Gasteiger partial charge in [-0.05, 0) is 19.1 Å². The van der Waals surface area contributed by atoms with Gasteiger partial charge in [-0.1, -0.05) is 23.4 Å². The summed E-state index contributed by atoms with van der Waals surface area (Å²) in [7, 11) is 1.79. The highest BCUT2D eigenvalue weighted by molar-refractivity contribution is 5.80. The minimum Gasteiger partial charge on any atom is -0.411 e. The number of hydrogen-bond donors (Lipinski definition) is 1. The zero-order valence-corrected chi connectivity index (χ0v) is 9.66. The molecule has 0 saturated heterocycles. The standard InChI is InChI=1S/C12H13N3O2/c1-9-11(8-13-17)12(16)15(14(9)2)10-6-4-3-5-7-10/h3-8,17H,1-2H3/b13-8-. The molecule has 1 heterocycles. The Balaban J connectivity index is 2.73. The van der Waals surface area contributed by atoms with Crippen LogP contribution in [0.2, 0.25) is 0 Å². The van der Waals surface area contributed by atoms with Crippen molar-refractivity contribution >= 4 is 6.21 Å². The molecule has 1 aromatic heterocycles. The summed E-state index contributed by atoms with van der Waals surface area (Å²) >= 11 is 0. The quantitative estimate of drug-likeness (QED) is 0.481. The smallest absolute Gasteiger partial charge is 0.280 e. The average Bonchev–Trinajstić information content (AvgIpc) is 2.55. The topological polar surface area (TPSA) is 59.5 Å². The van der Waals surface area contributed by atoms with Crippen molar-refractivity contribution in [2.24, 2.45) is 12.2 Å². The molecule has 0 aliphatic heterocycles. The zero-order chi connectivity index (χ0) is 12.4. The number of benzene rings is 1. The number of aromatic nitrogens is 2. The molecule has 0 amide bonds. The van der Waals surface area contributed by atoms with Crippen molar-refractivity contribution in [3.05, 3.63) is 51.9 Å². The number of rotatable bonds is 2. The van der Waals surface area contributed by atoms with E-state index in [0.29, 0.717) is 5.56 Å². The summed E-state index contributed by atoms with van der Waals surface area (Å²) in [6.07, 6.45) is 1.16. The summed E-state index contributed by atoms with van der Waals surface area (Å²) < 4.78 is 3.26. The molecule has 5 heteroatoms. The summed E-state index contributed by atoms with van der Waals surface area (Å²) in [5.74, 6) is 0. The molecule has 1 N–H and O–H groups in total. The summed E-state index contributed by atoms with van der Waals surface area (Å²) in [5, 5.41) is 11.5. The van der Waals surface area contributed by atoms with Crippen LogP contribution in [0.5, 0.6) is 0 Å². The Bertz CT molecular complexity index is 609. The van der Waals surface area contributed by atoms with E-state index in [9.17, 15) is 4.79 Å². The van der Waals surface area contributed by atoms with Crippen LogP contribution in [0.3, 0.4) is 0 Å². The molecule has 0 fully saturated rings. The molecule has 0 unspecified atom stereocenters. The lowest BCUT2D eigenvalue weighted by atomic mass is 10.3. The van der Waals surface area contributed by atoms with E-state index in [0.717, 1.165) is 17.6 Å². The van der Waals surface area contributed by atoms with E-state index < -0.39 is 0 Å². The predicted octanol–water partition coefficient (Wildman–Crippen LogP) is 1.29. The molecule has 0 aliphatic rings. The lowest BCUT2D eigenvalue weighted by molar-refractivity contribution is 0.322. The highest BCUT2D eigenvalue weighted by atomic mass is 16.4. The summed E-state index contributed by atoms with van der Waals surface area (Å²) in [6, 6.07) is 9.32. The number of para-hydroxylation sites is 1. The second kappa shape index (κ2) is 4.29. The highest BCUT2D eigenvalue weighted by Crippen LogP contribution is 2.08. The van der Waals surface area contributed by atoms with Crippen molar-refractivity contribution < 1.29 is 5.21 Å². The minimum atomic E-state index is -0.200. The van der Waals surface area contributed by atoms with E-state index in [1.807, 2.05) is 30.3 Å². The third-order valence-electron chi connectivity index (χ3n) is 2.79. The van der Waals surface area contributed by atoms with Gasteiger partial charge in [0, 0.05) is 12.7 Å². The van der Waals surface area contributed by atoms with Gasteiger partial charge in [0.25, 0.3) is 5.56 Å². The molecule has 5 nitrogen and oxygen atoms in total. The van der Waals surface area contributed by atoms with Crippen molar-refractivity contribution in [3.8, 4) is 5.69 Å². The van der Waals surface area contributed by atoms with Gasteiger partial charge in [0.1, 0.15) is 0 Å². The number of hydrogen-bond acceptors (Lipinski definition) is 3. The maximum atomic E-state index is 12.1. The van der Waals surface area contributed by atoms with Crippen molar-refractivity contribution in [2.75, 3.05) is 0 Å². The Morgan fingerprint density at radius 1 is 1.29 bits per heavy atom. The Kier molecular flexibility index (Phi) is 2.82. The molecule has 0 saturated carbocycles. The number of oxime groups is 1. The van der Waals surface area contributed by atoms with Gasteiger partial charge in [-0.25, -0.2) is 4.68 Å². The predicted molar refractivity (Wildman–Crippen MR) is 65.1 cm³/mol. The first-order valence-electron chi connectivity index (χ1n) is 5.18. The molecule has 1 aromatic carbocycles. The van der Waals surface area contributed by atoms with Crippen molar-refractivity contribution in [1.29, 1.82) is 0 Å². The van der Waals surface area contributed by atoms with Gasteiger partial charge in [-0.3, -0.25) is 9.48 Å². The third-order valence-corrected chi connectivity index (χ3v) is 2.79. The fraction of sp³-hybridized carbons (Fsp3) is 0.167. The van der Waals surface area contributed by atoms with Gasteiger partial charge in [0.05, 0.1) is 17.5 Å². The molecule has 0 atom stereocenters. The zero-order valence-electron chi connectivity index (χ0n) is 9.66. The maximum Gasteiger partial charge on any atom is 0.280 e. The van der Waals surface area contributed by atoms with Gasteiger partial charge >= 0.3 is 0 Å². The van der Waals surface area contributed by atoms with E-state index >= 15 is 0 Å². The summed E-state index contributed by atoms with van der Waals surface area (Å²) in [4.78, 5) is 12.1. The molecule has 2 rings (SSSR count). The summed E-state index contributed by atoms with van der Waals surface area (Å²) in [5.41, 5.74) is 1.71. The first kappa shape index (κ1) is 11.2. The van der Waals surface area contributed by atoms with Gasteiger partial charge in [0.2, 0.25) is 0 Å². The van der Waals surface area contributed by atoms with Crippen LogP contribution in [-0.4, -0.2) is 20.8 Å². The largest absolute Gasteiger partial charge is 0.411 e. The number of nitrogens with zero attached hydrogens (tertiary/aromatic N) is 3. The van der Waals surface area contributed by atoms with Gasteiger partial charge in [-0.15, -0.1) is 0 Å². The van der Waals surface area contributed by atoms with Crippen molar-refractivity contribution in [2.45, 2.75) is 6.92 Å². The Morgan fingerprint density at radius 2 is 1.94 bits per heavy atom. The minimum absolute atomic E-state index is 0.200. The molecule has 0 bridgehead atoms. The van der Waals surface area contributed by atoms with E-state index in [1.165, 1.54) is 4.68 Å². The molecule has 88 valence electrons. The average molecular weight is 231 g/mol. The van der Waals surface area contributed by atoms with Crippen LogP contribution in [-0.2, 0) is 7.05 Å². The van der Waals surface area contributed by atoms with Crippen LogP contribution >= 0.6 is 0 Å². The van der Waals surface area contributed by atoms with E-state index in [1.54, 1.807) is 18.7 Å². The molecule has 2 aromatic rings. The van der Waals surface area contributed by atoms with Crippen LogP contribution in [0.25, 0.3) is 5.69 Å². The van der Waals surface area contributed by atoms with Crippen LogP contribution in [0.15, 0.2) is 40.3 Å². The lowest BCUT2D eigenvalue weighted by Crippen LogP contribution is -2.20. The van der Waals surface area contributed by atoms with Crippen LogP contribution in [0, 0.1) is 6.92 Å². The maximum absolute atomic E-state index is 12.1. The molecule has 0 spiro atoms. The Hall–Kier alpha value is -2.30. The fourth-order valence-corrected chi connectivity index (χ4v) is 1.80. The van der Waals surface area contributed by atoms with Crippen molar-refractivity contribution in [3.63, 3.8) is 0 Å². The van der Waals surface area contributed by atoms with Crippen LogP contribution in [0.4, 0.5) is 0 Å². The SMILES string of the molecule is Cc1c(/C=N\O)c(=O)n(-c2ccccc2)n1C. The molecule has 17 heavy (non-hydrogen) atoms. The first-order chi connectivity index (χ1) is 8.16. The lowest BCUT2D eigenvalue weighted by Gasteiger charge is -2.07. The van der Waals surface area contributed by atoms with Crippen LogP contribution in [0.1, 0.15) is 11.3 Å². The first-order valence-corrected chi connectivity index (χ1v) is 5.18. The van der Waals surface area contributed by atoms with E-state index in [4.69, 9.17) is 5.21 Å². The van der Waals surface area contributed by atoms with Gasteiger partial charge in [-0.2, -0.15) is 0 Å². The van der Waals surface area contributed by atoms with E-state index in [2.05, 4.69) is 5.16 Å². The highest BCUT2D eigenvalue weighted by Gasteiger charge is 2.13. The second-order valence-electron chi connectivity index (χ2n) is 3.72. The summed E-state index contributed by atoms with van der Waals surface area (Å²) in [6.45, 7) is 1.80. The Labute approximate surface area is 98.2 Å². The molecule has 0 aliphatic carbocycles. The monoisotopic (exact) mass is 231 g/mol. The Morgan fingerprint density at radius 3 is 2.53 bits per heavy atom. The van der Waals surface area contributed by atoms with E-state index in [-0.39, 0.29) is 5.56 Å². The second-order valence-corrected chi connectivity index (χ2v) is 3.72. The van der Waals surface area contributed by atoms with Crippen LogP contribution < -0.4 is 5.56 Å². The van der Waals surface area contributed by atoms with Crippen molar-refractivity contribution in [1.82, 2.24) is 9.36 Å². The fourth-order valence-electron chi connectivity index (χ4n) is 1.80.